The van der Waals surface area contributed by atoms with E-state index in [-0.39, 0.29) is 13.2 Å². The van der Waals surface area contributed by atoms with Gasteiger partial charge in [-0.15, -0.1) is 5.10 Å². The molecule has 0 unspecified atom stereocenters. The van der Waals surface area contributed by atoms with Gasteiger partial charge in [-0.05, 0) is 41.6 Å². The molecule has 1 heterocycles. The summed E-state index contributed by atoms with van der Waals surface area (Å²) in [4.78, 5) is 10.6. The Labute approximate surface area is 114 Å². The van der Waals surface area contributed by atoms with Crippen molar-refractivity contribution in [3.8, 4) is 11.5 Å². The lowest BCUT2D eigenvalue weighted by molar-refractivity contribution is -0.138. The van der Waals surface area contributed by atoms with Gasteiger partial charge in [0.25, 0.3) is 0 Å². The first-order chi connectivity index (χ1) is 9.69. The first-order valence-electron chi connectivity index (χ1n) is 6.01. The minimum absolute atomic E-state index is 0.0915. The molecule has 1 aromatic carbocycles. The van der Waals surface area contributed by atoms with Crippen molar-refractivity contribution in [3.05, 3.63) is 30.1 Å². The average Bonchev–Trinajstić information content (AvgIpc) is 2.85. The zero-order valence-electron chi connectivity index (χ0n) is 10.9. The van der Waals surface area contributed by atoms with Crippen LogP contribution in [0.3, 0.4) is 0 Å². The third-order valence-corrected chi connectivity index (χ3v) is 2.39. The molecule has 0 aliphatic heterocycles. The van der Waals surface area contributed by atoms with Gasteiger partial charge in [0.05, 0.1) is 6.61 Å². The number of hydrogen-bond donors (Lipinski definition) is 1. The predicted octanol–water partition coefficient (Wildman–Crippen LogP) is 0.735. The second-order valence-electron chi connectivity index (χ2n) is 3.84. The number of rotatable bonds is 7. The largest absolute Gasteiger partial charge is 0.494 e. The van der Waals surface area contributed by atoms with E-state index in [1.807, 2.05) is 6.92 Å². The Morgan fingerprint density at radius 3 is 2.50 bits per heavy atom. The van der Waals surface area contributed by atoms with Crippen molar-refractivity contribution >= 4 is 5.97 Å². The Morgan fingerprint density at radius 2 is 1.90 bits per heavy atom. The summed E-state index contributed by atoms with van der Waals surface area (Å²) < 4.78 is 12.0. The number of aliphatic carboxylic acids is 1. The van der Waals surface area contributed by atoms with Gasteiger partial charge in [0, 0.05) is 0 Å². The molecule has 0 spiro atoms. The van der Waals surface area contributed by atoms with Gasteiger partial charge in [-0.1, -0.05) is 0 Å². The maximum atomic E-state index is 10.6. The highest BCUT2D eigenvalue weighted by molar-refractivity contribution is 5.66. The Morgan fingerprint density at radius 1 is 1.25 bits per heavy atom. The number of benzene rings is 1. The average molecular weight is 278 g/mol. The van der Waals surface area contributed by atoms with Crippen LogP contribution in [-0.4, -0.2) is 37.9 Å². The lowest BCUT2D eigenvalue weighted by Gasteiger charge is -2.07. The molecule has 0 radical (unpaired) electrons. The second-order valence-corrected chi connectivity index (χ2v) is 3.84. The van der Waals surface area contributed by atoms with Crippen LogP contribution in [0.1, 0.15) is 12.7 Å². The normalized spacial score (nSPS) is 10.2. The van der Waals surface area contributed by atoms with E-state index in [4.69, 9.17) is 14.6 Å². The first kappa shape index (κ1) is 13.8. The molecule has 8 nitrogen and oxygen atoms in total. The van der Waals surface area contributed by atoms with Gasteiger partial charge >= 0.3 is 5.97 Å². The number of ether oxygens (including phenoxy) is 2. The summed E-state index contributed by atoms with van der Waals surface area (Å²) in [5.41, 5.74) is 0. The van der Waals surface area contributed by atoms with E-state index < -0.39 is 5.97 Å². The lowest BCUT2D eigenvalue weighted by Crippen LogP contribution is -2.14. The summed E-state index contributed by atoms with van der Waals surface area (Å²) >= 11 is 0. The summed E-state index contributed by atoms with van der Waals surface area (Å²) in [6.45, 7) is 2.31. The summed E-state index contributed by atoms with van der Waals surface area (Å²) in [6, 6.07) is 7.10. The maximum Gasteiger partial charge on any atom is 0.325 e. The van der Waals surface area contributed by atoms with Crippen LogP contribution >= 0.6 is 0 Å². The van der Waals surface area contributed by atoms with Crippen molar-refractivity contribution in [1.29, 1.82) is 0 Å². The van der Waals surface area contributed by atoms with Crippen LogP contribution in [0.15, 0.2) is 24.3 Å². The molecular weight excluding hydrogens is 264 g/mol. The highest BCUT2D eigenvalue weighted by atomic mass is 16.5. The molecule has 0 saturated carbocycles. The van der Waals surface area contributed by atoms with E-state index in [0.29, 0.717) is 18.2 Å². The van der Waals surface area contributed by atoms with E-state index >= 15 is 0 Å². The third kappa shape index (κ3) is 3.67. The molecular formula is C12H14N4O4. The van der Waals surface area contributed by atoms with Crippen molar-refractivity contribution in [3.63, 3.8) is 0 Å². The van der Waals surface area contributed by atoms with Gasteiger partial charge in [0.1, 0.15) is 24.7 Å². The fourth-order valence-corrected chi connectivity index (χ4v) is 1.52. The number of carboxylic acids is 1. The monoisotopic (exact) mass is 278 g/mol. The van der Waals surface area contributed by atoms with E-state index in [1.165, 1.54) is 4.68 Å². The molecule has 20 heavy (non-hydrogen) atoms. The van der Waals surface area contributed by atoms with Gasteiger partial charge in [-0.3, -0.25) is 4.79 Å². The van der Waals surface area contributed by atoms with Crippen LogP contribution < -0.4 is 9.47 Å². The minimum atomic E-state index is -1.01. The topological polar surface area (TPSA) is 99.4 Å². The zero-order valence-corrected chi connectivity index (χ0v) is 10.9. The Balaban J connectivity index is 1.94. The number of carboxylic acid groups (broad SMARTS) is 1. The molecule has 2 rings (SSSR count). The fraction of sp³-hybridized carbons (Fsp3) is 0.333. The van der Waals surface area contributed by atoms with Crippen LogP contribution in [0, 0.1) is 0 Å². The molecule has 0 aliphatic carbocycles. The Hall–Kier alpha value is -2.64. The van der Waals surface area contributed by atoms with Crippen LogP contribution in [0.2, 0.25) is 0 Å². The van der Waals surface area contributed by atoms with E-state index in [9.17, 15) is 4.79 Å². The molecule has 0 saturated heterocycles. The summed E-state index contributed by atoms with van der Waals surface area (Å²) in [5, 5.41) is 19.4. The molecule has 8 heteroatoms. The van der Waals surface area contributed by atoms with Gasteiger partial charge in [-0.25, -0.2) is 4.68 Å². The summed E-state index contributed by atoms with van der Waals surface area (Å²) in [5.74, 6) is 0.717. The first-order valence-corrected chi connectivity index (χ1v) is 6.01. The molecule has 1 aromatic heterocycles. The quantitative estimate of drug-likeness (QED) is 0.797. The van der Waals surface area contributed by atoms with Crippen LogP contribution in [0.5, 0.6) is 11.5 Å². The van der Waals surface area contributed by atoms with Gasteiger partial charge < -0.3 is 14.6 Å². The van der Waals surface area contributed by atoms with Crippen LogP contribution in [-0.2, 0) is 17.9 Å². The molecule has 0 fully saturated rings. The SMILES string of the molecule is CCOc1ccc(OCc2nnnn2CC(=O)O)cc1. The summed E-state index contributed by atoms with van der Waals surface area (Å²) in [6.07, 6.45) is 0. The van der Waals surface area contributed by atoms with Crippen molar-refractivity contribution in [2.45, 2.75) is 20.1 Å². The standard InChI is InChI=1S/C12H14N4O4/c1-2-19-9-3-5-10(6-4-9)20-8-11-13-14-15-16(11)7-12(17)18/h3-6H,2,7-8H2,1H3,(H,17,18). The number of carbonyl (C=O) groups is 1. The van der Waals surface area contributed by atoms with Gasteiger partial charge in [0.15, 0.2) is 5.82 Å². The van der Waals surface area contributed by atoms with Crippen molar-refractivity contribution in [1.82, 2.24) is 20.2 Å². The van der Waals surface area contributed by atoms with Crippen LogP contribution in [0.25, 0.3) is 0 Å². The molecule has 1 N–H and O–H groups in total. The Kier molecular flexibility index (Phi) is 4.48. The molecule has 2 aromatic rings. The third-order valence-electron chi connectivity index (χ3n) is 2.39. The van der Waals surface area contributed by atoms with Crippen molar-refractivity contribution in [2.24, 2.45) is 0 Å². The smallest absolute Gasteiger partial charge is 0.325 e. The van der Waals surface area contributed by atoms with Crippen molar-refractivity contribution in [2.75, 3.05) is 6.61 Å². The predicted molar refractivity (Wildman–Crippen MR) is 67.4 cm³/mol. The molecule has 0 bridgehead atoms. The highest BCUT2D eigenvalue weighted by Crippen LogP contribution is 2.18. The molecule has 0 amide bonds. The number of nitrogens with zero attached hydrogens (tertiary/aromatic N) is 4. The highest BCUT2D eigenvalue weighted by Gasteiger charge is 2.10. The number of aromatic nitrogens is 4. The minimum Gasteiger partial charge on any atom is -0.494 e. The van der Waals surface area contributed by atoms with E-state index in [0.717, 1.165) is 5.75 Å². The Bertz CT molecular complexity index is 567. The van der Waals surface area contributed by atoms with Crippen molar-refractivity contribution < 1.29 is 19.4 Å². The molecule has 0 aliphatic rings. The fourth-order valence-electron chi connectivity index (χ4n) is 1.52. The van der Waals surface area contributed by atoms with E-state index in [1.54, 1.807) is 24.3 Å². The van der Waals surface area contributed by atoms with Gasteiger partial charge in [0.2, 0.25) is 0 Å². The maximum absolute atomic E-state index is 10.6. The van der Waals surface area contributed by atoms with Gasteiger partial charge in [-0.2, -0.15) is 0 Å². The number of tetrazole rings is 1. The number of hydrogen-bond acceptors (Lipinski definition) is 6. The molecule has 0 atom stereocenters. The molecule has 106 valence electrons. The summed E-state index contributed by atoms with van der Waals surface area (Å²) in [7, 11) is 0. The zero-order chi connectivity index (χ0) is 14.4. The van der Waals surface area contributed by atoms with E-state index in [2.05, 4.69) is 15.5 Å². The second kappa shape index (κ2) is 6.50. The lowest BCUT2D eigenvalue weighted by atomic mass is 10.3. The van der Waals surface area contributed by atoms with Crippen LogP contribution in [0.4, 0.5) is 0 Å².